The van der Waals surface area contributed by atoms with Gasteiger partial charge < -0.3 is 20.9 Å². The predicted octanol–water partition coefficient (Wildman–Crippen LogP) is 1.78. The summed E-state index contributed by atoms with van der Waals surface area (Å²) in [6.07, 6.45) is 0.586. The Morgan fingerprint density at radius 1 is 1.47 bits per heavy atom. The molecule has 1 aromatic rings. The standard InChI is InChI=1S/C13H22N2O2/c1-10-4-5-12(11(14)8-10)15-9-13(2,16)6-7-17-3/h4-5,8,15-16H,6-7,9,14H2,1-3H3. The zero-order chi connectivity index (χ0) is 12.9. The molecule has 4 nitrogen and oxygen atoms in total. The third-order valence-electron chi connectivity index (χ3n) is 2.71. The summed E-state index contributed by atoms with van der Waals surface area (Å²) in [6.45, 7) is 4.76. The summed E-state index contributed by atoms with van der Waals surface area (Å²) in [5, 5.41) is 13.2. The van der Waals surface area contributed by atoms with E-state index in [2.05, 4.69) is 5.32 Å². The molecule has 0 saturated carbocycles. The fourth-order valence-corrected chi connectivity index (χ4v) is 1.54. The van der Waals surface area contributed by atoms with Crippen LogP contribution in [0.2, 0.25) is 0 Å². The summed E-state index contributed by atoms with van der Waals surface area (Å²) in [7, 11) is 1.63. The number of rotatable bonds is 6. The Kier molecular flexibility index (Phi) is 4.78. The molecule has 0 aliphatic rings. The second kappa shape index (κ2) is 5.89. The van der Waals surface area contributed by atoms with Crippen molar-refractivity contribution in [2.75, 3.05) is 31.3 Å². The number of ether oxygens (including phenoxy) is 1. The fourth-order valence-electron chi connectivity index (χ4n) is 1.54. The van der Waals surface area contributed by atoms with E-state index in [-0.39, 0.29) is 0 Å². The summed E-state index contributed by atoms with van der Waals surface area (Å²) >= 11 is 0. The molecule has 0 aliphatic carbocycles. The van der Waals surface area contributed by atoms with Gasteiger partial charge in [-0.3, -0.25) is 0 Å². The molecule has 0 aromatic heterocycles. The van der Waals surface area contributed by atoms with Crippen molar-refractivity contribution in [2.24, 2.45) is 0 Å². The third-order valence-corrected chi connectivity index (χ3v) is 2.71. The largest absolute Gasteiger partial charge is 0.397 e. The van der Waals surface area contributed by atoms with Crippen LogP contribution in [0, 0.1) is 6.92 Å². The number of anilines is 2. The number of nitrogen functional groups attached to an aromatic ring is 1. The lowest BCUT2D eigenvalue weighted by Crippen LogP contribution is -2.34. The molecule has 0 heterocycles. The molecule has 1 rings (SSSR count). The van der Waals surface area contributed by atoms with Gasteiger partial charge in [-0.15, -0.1) is 0 Å². The Morgan fingerprint density at radius 3 is 2.76 bits per heavy atom. The van der Waals surface area contributed by atoms with E-state index in [1.54, 1.807) is 14.0 Å². The molecule has 4 heteroatoms. The second-order valence-corrected chi connectivity index (χ2v) is 4.68. The van der Waals surface area contributed by atoms with Crippen molar-refractivity contribution >= 4 is 11.4 Å². The van der Waals surface area contributed by atoms with Crippen molar-refractivity contribution < 1.29 is 9.84 Å². The van der Waals surface area contributed by atoms with Crippen molar-refractivity contribution in [1.29, 1.82) is 0 Å². The second-order valence-electron chi connectivity index (χ2n) is 4.68. The summed E-state index contributed by atoms with van der Waals surface area (Å²) < 4.78 is 4.96. The summed E-state index contributed by atoms with van der Waals surface area (Å²) in [6, 6.07) is 5.83. The SMILES string of the molecule is COCCC(C)(O)CNc1ccc(C)cc1N. The first kappa shape index (κ1) is 13.8. The van der Waals surface area contributed by atoms with Gasteiger partial charge in [0.2, 0.25) is 0 Å². The van der Waals surface area contributed by atoms with Crippen LogP contribution in [0.25, 0.3) is 0 Å². The average molecular weight is 238 g/mol. The van der Waals surface area contributed by atoms with Gasteiger partial charge in [-0.05, 0) is 31.5 Å². The van der Waals surface area contributed by atoms with E-state index in [4.69, 9.17) is 10.5 Å². The minimum absolute atomic E-state index is 0.448. The summed E-state index contributed by atoms with van der Waals surface area (Å²) in [4.78, 5) is 0. The van der Waals surface area contributed by atoms with Gasteiger partial charge in [-0.25, -0.2) is 0 Å². The van der Waals surface area contributed by atoms with Crippen LogP contribution in [0.1, 0.15) is 18.9 Å². The predicted molar refractivity (Wildman–Crippen MR) is 71.2 cm³/mol. The average Bonchev–Trinajstić information content (AvgIpc) is 2.25. The van der Waals surface area contributed by atoms with Crippen LogP contribution in [0.5, 0.6) is 0 Å². The minimum atomic E-state index is -0.798. The Morgan fingerprint density at radius 2 is 2.18 bits per heavy atom. The van der Waals surface area contributed by atoms with Crippen LogP contribution in [-0.4, -0.2) is 31.0 Å². The van der Waals surface area contributed by atoms with E-state index in [1.165, 1.54) is 0 Å². The van der Waals surface area contributed by atoms with Gasteiger partial charge in [0.15, 0.2) is 0 Å². The van der Waals surface area contributed by atoms with Crippen molar-refractivity contribution in [3.8, 4) is 0 Å². The smallest absolute Gasteiger partial charge is 0.0813 e. The molecule has 0 radical (unpaired) electrons. The van der Waals surface area contributed by atoms with Crippen LogP contribution < -0.4 is 11.1 Å². The molecule has 96 valence electrons. The number of hydrogen-bond acceptors (Lipinski definition) is 4. The molecule has 1 atom stereocenters. The highest BCUT2D eigenvalue weighted by atomic mass is 16.5. The molecule has 0 saturated heterocycles. The monoisotopic (exact) mass is 238 g/mol. The Balaban J connectivity index is 2.54. The number of aryl methyl sites for hydroxylation is 1. The number of aliphatic hydroxyl groups is 1. The third kappa shape index (κ3) is 4.63. The zero-order valence-corrected chi connectivity index (χ0v) is 10.8. The highest BCUT2D eigenvalue weighted by molar-refractivity contribution is 5.66. The maximum absolute atomic E-state index is 10.1. The van der Waals surface area contributed by atoms with Crippen LogP contribution >= 0.6 is 0 Å². The van der Waals surface area contributed by atoms with E-state index in [0.717, 1.165) is 11.3 Å². The highest BCUT2D eigenvalue weighted by Crippen LogP contribution is 2.20. The Hall–Kier alpha value is -1.26. The van der Waals surface area contributed by atoms with Crippen molar-refractivity contribution in [2.45, 2.75) is 25.9 Å². The summed E-state index contributed by atoms with van der Waals surface area (Å²) in [5.41, 5.74) is 7.76. The highest BCUT2D eigenvalue weighted by Gasteiger charge is 2.19. The maximum Gasteiger partial charge on any atom is 0.0813 e. The van der Waals surface area contributed by atoms with Crippen molar-refractivity contribution in [3.05, 3.63) is 23.8 Å². The van der Waals surface area contributed by atoms with Crippen LogP contribution in [-0.2, 0) is 4.74 Å². The number of benzene rings is 1. The molecule has 1 aromatic carbocycles. The van der Waals surface area contributed by atoms with Crippen LogP contribution in [0.15, 0.2) is 18.2 Å². The first-order chi connectivity index (χ1) is 7.94. The van der Waals surface area contributed by atoms with Crippen molar-refractivity contribution in [1.82, 2.24) is 0 Å². The molecule has 4 N–H and O–H groups in total. The molecular weight excluding hydrogens is 216 g/mol. The number of nitrogens with one attached hydrogen (secondary N) is 1. The zero-order valence-electron chi connectivity index (χ0n) is 10.8. The van der Waals surface area contributed by atoms with Crippen LogP contribution in [0.3, 0.4) is 0 Å². The van der Waals surface area contributed by atoms with Crippen molar-refractivity contribution in [3.63, 3.8) is 0 Å². The van der Waals surface area contributed by atoms with Gasteiger partial charge in [0.05, 0.1) is 17.0 Å². The van der Waals surface area contributed by atoms with Crippen LogP contribution in [0.4, 0.5) is 11.4 Å². The topological polar surface area (TPSA) is 67.5 Å². The van der Waals surface area contributed by atoms with E-state index >= 15 is 0 Å². The molecule has 1 unspecified atom stereocenters. The Bertz CT molecular complexity index is 364. The number of methoxy groups -OCH3 is 1. The molecule has 0 bridgehead atoms. The van der Waals surface area contributed by atoms with Gasteiger partial charge in [0.1, 0.15) is 0 Å². The first-order valence-corrected chi connectivity index (χ1v) is 5.76. The molecule has 0 fully saturated rings. The van der Waals surface area contributed by atoms with E-state index in [1.807, 2.05) is 25.1 Å². The van der Waals surface area contributed by atoms with Gasteiger partial charge in [0.25, 0.3) is 0 Å². The minimum Gasteiger partial charge on any atom is -0.397 e. The van der Waals surface area contributed by atoms with E-state index < -0.39 is 5.60 Å². The van der Waals surface area contributed by atoms with Gasteiger partial charge in [-0.1, -0.05) is 6.07 Å². The van der Waals surface area contributed by atoms with E-state index in [9.17, 15) is 5.11 Å². The van der Waals surface area contributed by atoms with E-state index in [0.29, 0.717) is 25.3 Å². The molecule has 17 heavy (non-hydrogen) atoms. The Labute approximate surface area is 103 Å². The molecule has 0 spiro atoms. The van der Waals surface area contributed by atoms with Gasteiger partial charge >= 0.3 is 0 Å². The lowest BCUT2D eigenvalue weighted by atomic mass is 10.0. The molecular formula is C13H22N2O2. The van der Waals surface area contributed by atoms with Gasteiger partial charge in [-0.2, -0.15) is 0 Å². The lowest BCUT2D eigenvalue weighted by molar-refractivity contribution is 0.0358. The summed E-state index contributed by atoms with van der Waals surface area (Å²) in [5.74, 6) is 0. The quantitative estimate of drug-likeness (QED) is 0.661. The lowest BCUT2D eigenvalue weighted by Gasteiger charge is -2.24. The normalized spacial score (nSPS) is 14.4. The molecule has 0 amide bonds. The number of nitrogens with two attached hydrogens (primary N) is 1. The first-order valence-electron chi connectivity index (χ1n) is 5.76. The number of hydrogen-bond donors (Lipinski definition) is 3. The fraction of sp³-hybridized carbons (Fsp3) is 0.538. The molecule has 0 aliphatic heterocycles. The van der Waals surface area contributed by atoms with Gasteiger partial charge in [0, 0.05) is 26.7 Å². The maximum atomic E-state index is 10.1.